The Kier molecular flexibility index (Phi) is 3.23. The molecule has 0 N–H and O–H groups in total. The maximum Gasteiger partial charge on any atom is 0.0719 e. The molecule has 4 nitrogen and oxygen atoms in total. The molecule has 128 valence electrons. The van der Waals surface area contributed by atoms with Crippen molar-refractivity contribution in [3.05, 3.63) is 64.2 Å². The van der Waals surface area contributed by atoms with Crippen LogP contribution in [0.2, 0.25) is 0 Å². The fourth-order valence-electron chi connectivity index (χ4n) is 4.91. The van der Waals surface area contributed by atoms with Gasteiger partial charge in [0.25, 0.3) is 0 Å². The van der Waals surface area contributed by atoms with E-state index in [4.69, 9.17) is 0 Å². The molecule has 0 aliphatic heterocycles. The summed E-state index contributed by atoms with van der Waals surface area (Å²) in [7, 11) is 2.09. The van der Waals surface area contributed by atoms with Gasteiger partial charge < -0.3 is 4.57 Å². The van der Waals surface area contributed by atoms with Crippen LogP contribution in [-0.2, 0) is 12.5 Å². The largest absolute Gasteiger partial charge is 0.350 e. The average Bonchev–Trinajstić information content (AvgIpc) is 2.92. The summed E-state index contributed by atoms with van der Waals surface area (Å²) < 4.78 is 2.19. The van der Waals surface area contributed by atoms with Crippen molar-refractivity contribution < 1.29 is 0 Å². The number of benzene rings is 1. The minimum Gasteiger partial charge on any atom is -0.350 e. The maximum atomic E-state index is 9.26. The molecular formula is C21H24N4. The number of rotatable bonds is 2. The van der Waals surface area contributed by atoms with Gasteiger partial charge in [0.1, 0.15) is 0 Å². The molecule has 1 aromatic carbocycles. The number of hydrogen-bond acceptors (Lipinski definition) is 1. The molecule has 1 aromatic heterocycles. The number of hydrogen-bond donors (Lipinski definition) is 0. The van der Waals surface area contributed by atoms with Gasteiger partial charge in [0.15, 0.2) is 0 Å². The second-order valence-corrected chi connectivity index (χ2v) is 8.19. The maximum absolute atomic E-state index is 9.26. The minimum atomic E-state index is -0.213. The molecule has 0 bridgehead atoms. The summed E-state index contributed by atoms with van der Waals surface area (Å²) in [6.45, 7) is 10.8. The van der Waals surface area contributed by atoms with E-state index in [-0.39, 0.29) is 16.9 Å². The smallest absolute Gasteiger partial charge is 0.0719 e. The number of aryl methyl sites for hydroxylation is 1. The molecule has 0 amide bonds. The molecule has 4 heteroatoms. The molecule has 25 heavy (non-hydrogen) atoms. The molecule has 0 spiro atoms. The predicted octanol–water partition coefficient (Wildman–Crippen LogP) is 5.89. The van der Waals surface area contributed by atoms with E-state index in [1.54, 1.807) is 0 Å². The second-order valence-electron chi connectivity index (χ2n) is 8.19. The number of azide groups is 1. The van der Waals surface area contributed by atoms with Crippen LogP contribution in [0.1, 0.15) is 44.7 Å². The monoisotopic (exact) mass is 332 g/mol. The zero-order chi connectivity index (χ0) is 18.0. The summed E-state index contributed by atoms with van der Waals surface area (Å²) in [5, 5.41) is 5.57. The standard InChI is InChI=1S/C21H24N4/c1-6-21(4)11-10-15-18(19(21)23-24-22)13-12-25(5)16-9-7-8-14(17(13)16)20(15,2)3/h6-9,12,19H,1,10-11H2,2-5H3/t19-,21+/m1/s1. The van der Waals surface area contributed by atoms with Crippen LogP contribution in [-0.4, -0.2) is 10.6 Å². The van der Waals surface area contributed by atoms with Gasteiger partial charge in [0, 0.05) is 40.0 Å². The Morgan fingerprint density at radius 1 is 1.36 bits per heavy atom. The van der Waals surface area contributed by atoms with E-state index in [0.717, 1.165) is 12.8 Å². The van der Waals surface area contributed by atoms with Gasteiger partial charge in [-0.25, -0.2) is 0 Å². The van der Waals surface area contributed by atoms with E-state index in [1.165, 1.54) is 33.2 Å². The molecule has 0 unspecified atom stereocenters. The molecule has 1 heterocycles. The summed E-state index contributed by atoms with van der Waals surface area (Å²) in [6.07, 6.45) is 6.14. The normalized spacial score (nSPS) is 27.0. The molecular weight excluding hydrogens is 308 g/mol. The SMILES string of the molecule is C=C[C@@]1(C)CCC2=C(c3cn(C)c4cccc(c34)C2(C)C)[C@H]1N=[N+]=[N-]. The third kappa shape index (κ3) is 1.92. The fourth-order valence-corrected chi connectivity index (χ4v) is 4.91. The highest BCUT2D eigenvalue weighted by Gasteiger charge is 2.46. The van der Waals surface area contributed by atoms with Crippen LogP contribution in [0.15, 0.2) is 47.7 Å². The highest BCUT2D eigenvalue weighted by molar-refractivity contribution is 6.01. The van der Waals surface area contributed by atoms with Gasteiger partial charge in [-0.05, 0) is 41.0 Å². The lowest BCUT2D eigenvalue weighted by atomic mass is 9.59. The van der Waals surface area contributed by atoms with Crippen LogP contribution in [0.5, 0.6) is 0 Å². The number of fused-ring (bicyclic) bond motifs is 1. The Balaban J connectivity index is 2.13. The van der Waals surface area contributed by atoms with E-state index in [1.807, 2.05) is 6.08 Å². The minimum absolute atomic E-state index is 0.0606. The van der Waals surface area contributed by atoms with Gasteiger partial charge >= 0.3 is 0 Å². The summed E-state index contributed by atoms with van der Waals surface area (Å²) >= 11 is 0. The molecule has 0 saturated carbocycles. The number of allylic oxidation sites excluding steroid dienone is 1. The molecule has 2 atom stereocenters. The predicted molar refractivity (Wildman–Crippen MR) is 103 cm³/mol. The van der Waals surface area contributed by atoms with Gasteiger partial charge in [0.05, 0.1) is 6.04 Å². The van der Waals surface area contributed by atoms with E-state index >= 15 is 0 Å². The number of nitrogens with zero attached hydrogens (tertiary/aromatic N) is 4. The lowest BCUT2D eigenvalue weighted by Gasteiger charge is -2.46. The second kappa shape index (κ2) is 5.03. The third-order valence-electron chi connectivity index (χ3n) is 6.50. The molecule has 2 aromatic rings. The van der Waals surface area contributed by atoms with Gasteiger partial charge in [-0.15, -0.1) is 6.58 Å². The van der Waals surface area contributed by atoms with Gasteiger partial charge in [0.2, 0.25) is 0 Å². The van der Waals surface area contributed by atoms with Gasteiger partial charge in [-0.2, -0.15) is 0 Å². The molecule has 2 aliphatic carbocycles. The van der Waals surface area contributed by atoms with Crippen molar-refractivity contribution >= 4 is 16.5 Å². The lowest BCUT2D eigenvalue weighted by Crippen LogP contribution is -2.39. The highest BCUT2D eigenvalue weighted by Crippen LogP contribution is 2.56. The van der Waals surface area contributed by atoms with Crippen molar-refractivity contribution in [2.24, 2.45) is 17.6 Å². The first kappa shape index (κ1) is 16.0. The zero-order valence-corrected chi connectivity index (χ0v) is 15.4. The Morgan fingerprint density at radius 3 is 2.80 bits per heavy atom. The van der Waals surface area contributed by atoms with Crippen molar-refractivity contribution in [2.45, 2.75) is 45.1 Å². The Labute approximate surface area is 148 Å². The van der Waals surface area contributed by atoms with Gasteiger partial charge in [-0.3, -0.25) is 0 Å². The van der Waals surface area contributed by atoms with Crippen molar-refractivity contribution in [1.29, 1.82) is 0 Å². The van der Waals surface area contributed by atoms with E-state index in [9.17, 15) is 5.53 Å². The van der Waals surface area contributed by atoms with E-state index in [2.05, 4.69) is 73.4 Å². The van der Waals surface area contributed by atoms with Crippen LogP contribution < -0.4 is 0 Å². The Bertz CT molecular complexity index is 985. The van der Waals surface area contributed by atoms with Crippen molar-refractivity contribution in [3.63, 3.8) is 0 Å². The van der Waals surface area contributed by atoms with Crippen molar-refractivity contribution in [2.75, 3.05) is 0 Å². The van der Waals surface area contributed by atoms with Gasteiger partial charge in [-0.1, -0.05) is 49.7 Å². The summed E-state index contributed by atoms with van der Waals surface area (Å²) in [5.74, 6) is 0. The Morgan fingerprint density at radius 2 is 2.12 bits per heavy atom. The highest BCUT2D eigenvalue weighted by atomic mass is 15.2. The summed E-state index contributed by atoms with van der Waals surface area (Å²) in [6, 6.07) is 6.36. The third-order valence-corrected chi connectivity index (χ3v) is 6.50. The molecule has 0 saturated heterocycles. The fraction of sp³-hybridized carbons (Fsp3) is 0.429. The summed E-state index contributed by atoms with van der Waals surface area (Å²) in [5.41, 5.74) is 15.5. The van der Waals surface area contributed by atoms with Crippen LogP contribution in [0.25, 0.3) is 26.9 Å². The number of aromatic nitrogens is 1. The zero-order valence-electron chi connectivity index (χ0n) is 15.4. The Hall–Kier alpha value is -2.45. The van der Waals surface area contributed by atoms with Crippen LogP contribution in [0.3, 0.4) is 0 Å². The van der Waals surface area contributed by atoms with Crippen LogP contribution in [0.4, 0.5) is 0 Å². The van der Waals surface area contributed by atoms with Crippen molar-refractivity contribution in [1.82, 2.24) is 4.57 Å². The lowest BCUT2D eigenvalue weighted by molar-refractivity contribution is 0.329. The molecule has 0 radical (unpaired) electrons. The van der Waals surface area contributed by atoms with Crippen LogP contribution in [0, 0.1) is 5.41 Å². The quantitative estimate of drug-likeness (QED) is 0.285. The first-order valence-corrected chi connectivity index (χ1v) is 8.85. The molecule has 0 fully saturated rings. The first-order chi connectivity index (χ1) is 11.8. The molecule has 4 rings (SSSR count). The molecule has 2 aliphatic rings. The first-order valence-electron chi connectivity index (χ1n) is 8.85. The van der Waals surface area contributed by atoms with E-state index in [0.29, 0.717) is 0 Å². The van der Waals surface area contributed by atoms with E-state index < -0.39 is 0 Å². The van der Waals surface area contributed by atoms with Crippen molar-refractivity contribution in [3.8, 4) is 0 Å². The summed E-state index contributed by atoms with van der Waals surface area (Å²) in [4.78, 5) is 3.20. The topological polar surface area (TPSA) is 53.7 Å². The average molecular weight is 332 g/mol. The van der Waals surface area contributed by atoms with Crippen LogP contribution >= 0.6 is 0 Å².